The summed E-state index contributed by atoms with van der Waals surface area (Å²) in [6, 6.07) is 12.4. The minimum absolute atomic E-state index is 0.110. The highest BCUT2D eigenvalue weighted by Crippen LogP contribution is 2.27. The van der Waals surface area contributed by atoms with Crippen LogP contribution >= 0.6 is 0 Å². The highest BCUT2D eigenvalue weighted by molar-refractivity contribution is 5.65. The van der Waals surface area contributed by atoms with Gasteiger partial charge >= 0.3 is 0 Å². The second kappa shape index (κ2) is 6.53. The average Bonchev–Trinajstić information content (AvgIpc) is 2.46. The molecule has 0 fully saturated rings. The van der Waals surface area contributed by atoms with Gasteiger partial charge in [-0.3, -0.25) is 0 Å². The lowest BCUT2D eigenvalue weighted by molar-refractivity contribution is 0.317. The van der Waals surface area contributed by atoms with Gasteiger partial charge in [0, 0.05) is 11.6 Å². The van der Waals surface area contributed by atoms with E-state index in [4.69, 9.17) is 10.5 Å². The fourth-order valence-corrected chi connectivity index (χ4v) is 2.00. The van der Waals surface area contributed by atoms with E-state index in [0.29, 0.717) is 12.2 Å². The van der Waals surface area contributed by atoms with Gasteiger partial charge in [0.15, 0.2) is 0 Å². The maximum atomic E-state index is 13.9. The molecule has 2 N–H and O–H groups in total. The number of halogens is 1. The van der Waals surface area contributed by atoms with Gasteiger partial charge < -0.3 is 10.5 Å². The molecule has 2 rings (SSSR count). The van der Waals surface area contributed by atoms with Crippen LogP contribution < -0.4 is 10.5 Å². The van der Waals surface area contributed by atoms with Gasteiger partial charge in [0.25, 0.3) is 0 Å². The largest absolute Gasteiger partial charge is 0.494 e. The first-order chi connectivity index (χ1) is 9.61. The van der Waals surface area contributed by atoms with Gasteiger partial charge in [-0.15, -0.1) is 0 Å². The zero-order valence-electron chi connectivity index (χ0n) is 11.9. The molecule has 0 amide bonds. The highest BCUT2D eigenvalue weighted by Gasteiger charge is 2.08. The Balaban J connectivity index is 2.29. The number of hydrogen-bond donors (Lipinski definition) is 1. The van der Waals surface area contributed by atoms with Gasteiger partial charge in [-0.25, -0.2) is 4.39 Å². The molecule has 0 heterocycles. The molecule has 0 radical (unpaired) electrons. The first-order valence-corrected chi connectivity index (χ1v) is 6.90. The van der Waals surface area contributed by atoms with Gasteiger partial charge in [-0.2, -0.15) is 0 Å². The van der Waals surface area contributed by atoms with Crippen molar-refractivity contribution in [2.24, 2.45) is 5.73 Å². The maximum absolute atomic E-state index is 13.9. The zero-order valence-corrected chi connectivity index (χ0v) is 11.9. The first kappa shape index (κ1) is 14.5. The molecule has 0 bridgehead atoms. The monoisotopic (exact) mass is 273 g/mol. The Bertz CT molecular complexity index is 564. The van der Waals surface area contributed by atoms with E-state index in [9.17, 15) is 4.39 Å². The van der Waals surface area contributed by atoms with Crippen molar-refractivity contribution >= 4 is 0 Å². The van der Waals surface area contributed by atoms with Crippen molar-refractivity contribution in [3.8, 4) is 16.9 Å². The minimum atomic E-state index is -0.239. The van der Waals surface area contributed by atoms with Crippen LogP contribution in [0.2, 0.25) is 0 Å². The van der Waals surface area contributed by atoms with Gasteiger partial charge in [0.1, 0.15) is 11.6 Å². The number of ether oxygens (including phenoxy) is 1. The van der Waals surface area contributed by atoms with Gasteiger partial charge in [-0.1, -0.05) is 25.1 Å². The molecule has 106 valence electrons. The lowest BCUT2D eigenvalue weighted by Crippen LogP contribution is -2.05. The van der Waals surface area contributed by atoms with E-state index in [0.717, 1.165) is 23.3 Å². The summed E-state index contributed by atoms with van der Waals surface area (Å²) in [5, 5.41) is 0. The zero-order chi connectivity index (χ0) is 14.5. The summed E-state index contributed by atoms with van der Waals surface area (Å²) in [6.45, 7) is 4.63. The third-order valence-electron chi connectivity index (χ3n) is 3.15. The molecular weight excluding hydrogens is 253 g/mol. The van der Waals surface area contributed by atoms with Crippen LogP contribution in [0.3, 0.4) is 0 Å². The van der Waals surface area contributed by atoms with Crippen LogP contribution in [-0.2, 0) is 0 Å². The lowest BCUT2D eigenvalue weighted by atomic mass is 10.00. The molecule has 3 heteroatoms. The van der Waals surface area contributed by atoms with Crippen LogP contribution in [-0.4, -0.2) is 6.61 Å². The van der Waals surface area contributed by atoms with Gasteiger partial charge in [0.05, 0.1) is 6.61 Å². The summed E-state index contributed by atoms with van der Waals surface area (Å²) in [5.41, 5.74) is 8.17. The van der Waals surface area contributed by atoms with E-state index < -0.39 is 0 Å². The van der Waals surface area contributed by atoms with Crippen molar-refractivity contribution in [3.63, 3.8) is 0 Å². The van der Waals surface area contributed by atoms with Gasteiger partial charge in [0.2, 0.25) is 0 Å². The normalized spacial score (nSPS) is 12.2. The van der Waals surface area contributed by atoms with Crippen LogP contribution in [0.25, 0.3) is 11.1 Å². The standard InChI is InChI=1S/C17H20FNO/c1-3-10-20-15-7-4-13(5-8-15)16-11-14(12(2)19)6-9-17(16)18/h4-9,11-12H,3,10,19H2,1-2H3. The molecule has 2 aromatic carbocycles. The molecule has 0 aliphatic carbocycles. The minimum Gasteiger partial charge on any atom is -0.494 e. The van der Waals surface area contributed by atoms with Crippen molar-refractivity contribution in [2.45, 2.75) is 26.3 Å². The molecule has 20 heavy (non-hydrogen) atoms. The summed E-state index contributed by atoms with van der Waals surface area (Å²) >= 11 is 0. The Labute approximate surface area is 119 Å². The molecule has 2 nitrogen and oxygen atoms in total. The molecular formula is C17H20FNO. The second-order valence-corrected chi connectivity index (χ2v) is 4.90. The number of nitrogens with two attached hydrogens (primary N) is 1. The van der Waals surface area contributed by atoms with E-state index >= 15 is 0 Å². The fourth-order valence-electron chi connectivity index (χ4n) is 2.00. The van der Waals surface area contributed by atoms with Crippen LogP contribution in [0, 0.1) is 5.82 Å². The van der Waals surface area contributed by atoms with Crippen molar-refractivity contribution in [1.82, 2.24) is 0 Å². The predicted molar refractivity (Wildman–Crippen MR) is 80.2 cm³/mol. The van der Waals surface area contributed by atoms with E-state index in [-0.39, 0.29) is 11.9 Å². The van der Waals surface area contributed by atoms with Crippen molar-refractivity contribution in [3.05, 3.63) is 53.8 Å². The Morgan fingerprint density at radius 2 is 1.85 bits per heavy atom. The van der Waals surface area contributed by atoms with Crippen LogP contribution in [0.1, 0.15) is 31.9 Å². The van der Waals surface area contributed by atoms with Crippen LogP contribution in [0.4, 0.5) is 4.39 Å². The van der Waals surface area contributed by atoms with Crippen molar-refractivity contribution in [2.75, 3.05) is 6.61 Å². The summed E-state index contributed by atoms with van der Waals surface area (Å²) in [4.78, 5) is 0. The molecule has 1 unspecified atom stereocenters. The topological polar surface area (TPSA) is 35.2 Å². The lowest BCUT2D eigenvalue weighted by Gasteiger charge is -2.10. The third-order valence-corrected chi connectivity index (χ3v) is 3.15. The molecule has 0 saturated heterocycles. The summed E-state index contributed by atoms with van der Waals surface area (Å²) in [5.74, 6) is 0.566. The Hall–Kier alpha value is -1.87. The highest BCUT2D eigenvalue weighted by atomic mass is 19.1. The summed E-state index contributed by atoms with van der Waals surface area (Å²) in [7, 11) is 0. The van der Waals surface area contributed by atoms with E-state index in [2.05, 4.69) is 6.92 Å². The van der Waals surface area contributed by atoms with E-state index in [1.165, 1.54) is 6.07 Å². The summed E-state index contributed by atoms with van der Waals surface area (Å²) in [6.07, 6.45) is 0.965. The second-order valence-electron chi connectivity index (χ2n) is 4.90. The molecule has 0 saturated carbocycles. The van der Waals surface area contributed by atoms with Crippen LogP contribution in [0.15, 0.2) is 42.5 Å². The number of hydrogen-bond acceptors (Lipinski definition) is 2. The maximum Gasteiger partial charge on any atom is 0.131 e. The Kier molecular flexibility index (Phi) is 4.74. The van der Waals surface area contributed by atoms with Crippen LogP contribution in [0.5, 0.6) is 5.75 Å². The molecule has 0 aliphatic heterocycles. The smallest absolute Gasteiger partial charge is 0.131 e. The number of rotatable bonds is 5. The molecule has 2 aromatic rings. The molecule has 0 aliphatic rings. The predicted octanol–water partition coefficient (Wildman–Crippen LogP) is 4.30. The average molecular weight is 273 g/mol. The number of benzene rings is 2. The van der Waals surface area contributed by atoms with E-state index in [1.807, 2.05) is 37.3 Å². The Morgan fingerprint density at radius 1 is 1.15 bits per heavy atom. The van der Waals surface area contributed by atoms with Crippen molar-refractivity contribution < 1.29 is 9.13 Å². The quantitative estimate of drug-likeness (QED) is 0.881. The van der Waals surface area contributed by atoms with Crippen molar-refractivity contribution in [1.29, 1.82) is 0 Å². The third kappa shape index (κ3) is 3.36. The SMILES string of the molecule is CCCOc1ccc(-c2cc(C(C)N)ccc2F)cc1. The fraction of sp³-hybridized carbons (Fsp3) is 0.294. The van der Waals surface area contributed by atoms with Gasteiger partial charge in [-0.05, 0) is 48.7 Å². The molecule has 1 atom stereocenters. The Morgan fingerprint density at radius 3 is 2.45 bits per heavy atom. The summed E-state index contributed by atoms with van der Waals surface area (Å²) < 4.78 is 19.5. The van der Waals surface area contributed by atoms with E-state index in [1.54, 1.807) is 6.07 Å². The first-order valence-electron chi connectivity index (χ1n) is 6.90. The molecule has 0 spiro atoms. The molecule has 0 aromatic heterocycles.